The van der Waals surface area contributed by atoms with Crippen LogP contribution in [0, 0.1) is 17.5 Å². The zero-order valence-corrected chi connectivity index (χ0v) is 11.3. The number of aliphatic hydroxyl groups is 1. The number of hydrogen-bond acceptors (Lipinski definition) is 1. The van der Waals surface area contributed by atoms with Crippen LogP contribution in [0.4, 0.5) is 13.2 Å². The van der Waals surface area contributed by atoms with E-state index >= 15 is 0 Å². The predicted octanol–water partition coefficient (Wildman–Crippen LogP) is 4.45. The van der Waals surface area contributed by atoms with Crippen molar-refractivity contribution in [3.8, 4) is 0 Å². The van der Waals surface area contributed by atoms with Gasteiger partial charge in [0.1, 0.15) is 6.10 Å². The van der Waals surface area contributed by atoms with Crippen LogP contribution in [0.1, 0.15) is 48.0 Å². The van der Waals surface area contributed by atoms with Gasteiger partial charge in [0.25, 0.3) is 0 Å². The Morgan fingerprint density at radius 1 is 0.905 bits per heavy atom. The summed E-state index contributed by atoms with van der Waals surface area (Å²) in [4.78, 5) is 0. The van der Waals surface area contributed by atoms with Crippen LogP contribution in [0.15, 0.2) is 36.4 Å². The molecule has 1 atom stereocenters. The topological polar surface area (TPSA) is 20.2 Å². The summed E-state index contributed by atoms with van der Waals surface area (Å²) in [6.45, 7) is 0. The van der Waals surface area contributed by atoms with Crippen molar-refractivity contribution in [2.45, 2.75) is 31.3 Å². The van der Waals surface area contributed by atoms with Gasteiger partial charge in [-0.3, -0.25) is 0 Å². The van der Waals surface area contributed by atoms with Crippen LogP contribution in [0.2, 0.25) is 0 Å². The van der Waals surface area contributed by atoms with Crippen molar-refractivity contribution in [1.29, 1.82) is 0 Å². The number of rotatable bonds is 3. The van der Waals surface area contributed by atoms with Crippen molar-refractivity contribution < 1.29 is 18.3 Å². The van der Waals surface area contributed by atoms with Crippen LogP contribution >= 0.6 is 0 Å². The highest BCUT2D eigenvalue weighted by Crippen LogP contribution is 2.40. The first-order valence-corrected chi connectivity index (χ1v) is 7.00. The van der Waals surface area contributed by atoms with Crippen LogP contribution in [0.3, 0.4) is 0 Å². The van der Waals surface area contributed by atoms with E-state index in [0.29, 0.717) is 11.5 Å². The summed E-state index contributed by atoms with van der Waals surface area (Å²) in [5.41, 5.74) is 1.29. The first kappa shape index (κ1) is 14.1. The molecule has 4 heteroatoms. The lowest BCUT2D eigenvalue weighted by molar-refractivity contribution is 0.209. The first-order valence-electron chi connectivity index (χ1n) is 7.00. The highest BCUT2D eigenvalue weighted by molar-refractivity contribution is 5.39. The van der Waals surface area contributed by atoms with Gasteiger partial charge in [0.15, 0.2) is 17.5 Å². The Bertz CT molecular complexity index is 665. The average Bonchev–Trinajstić information content (AvgIpc) is 2.43. The van der Waals surface area contributed by atoms with E-state index in [1.165, 1.54) is 0 Å². The summed E-state index contributed by atoms with van der Waals surface area (Å²) in [5, 5.41) is 10.4. The van der Waals surface area contributed by atoms with Gasteiger partial charge in [-0.25, -0.2) is 13.2 Å². The van der Waals surface area contributed by atoms with Crippen molar-refractivity contribution in [3.63, 3.8) is 0 Å². The van der Waals surface area contributed by atoms with Crippen LogP contribution in [-0.2, 0) is 0 Å². The van der Waals surface area contributed by atoms with E-state index in [-0.39, 0.29) is 5.56 Å². The van der Waals surface area contributed by atoms with Crippen molar-refractivity contribution in [2.24, 2.45) is 0 Å². The largest absolute Gasteiger partial charge is 0.384 e. The van der Waals surface area contributed by atoms with Crippen LogP contribution < -0.4 is 0 Å². The van der Waals surface area contributed by atoms with Gasteiger partial charge in [0, 0.05) is 5.56 Å². The molecule has 1 unspecified atom stereocenters. The van der Waals surface area contributed by atoms with Gasteiger partial charge in [-0.15, -0.1) is 0 Å². The van der Waals surface area contributed by atoms with Gasteiger partial charge >= 0.3 is 0 Å². The van der Waals surface area contributed by atoms with E-state index in [4.69, 9.17) is 0 Å². The molecule has 1 N–H and O–H groups in total. The fourth-order valence-electron chi connectivity index (χ4n) is 2.77. The number of halogens is 3. The van der Waals surface area contributed by atoms with Crippen molar-refractivity contribution in [3.05, 3.63) is 70.5 Å². The zero-order chi connectivity index (χ0) is 15.0. The molecule has 0 radical (unpaired) electrons. The van der Waals surface area contributed by atoms with E-state index in [1.807, 2.05) is 12.1 Å². The van der Waals surface area contributed by atoms with Crippen LogP contribution in [0.5, 0.6) is 0 Å². The number of benzene rings is 2. The lowest BCUT2D eigenvalue weighted by atomic mass is 9.77. The summed E-state index contributed by atoms with van der Waals surface area (Å²) in [6, 6.07) is 9.15. The van der Waals surface area contributed by atoms with Crippen LogP contribution in [-0.4, -0.2) is 5.11 Å². The van der Waals surface area contributed by atoms with Crippen molar-refractivity contribution in [2.75, 3.05) is 0 Å². The van der Waals surface area contributed by atoms with E-state index < -0.39 is 23.6 Å². The van der Waals surface area contributed by atoms with Gasteiger partial charge in [-0.05, 0) is 36.0 Å². The lowest BCUT2D eigenvalue weighted by Crippen LogP contribution is -2.14. The van der Waals surface area contributed by atoms with Gasteiger partial charge < -0.3 is 5.11 Å². The quantitative estimate of drug-likeness (QED) is 0.828. The summed E-state index contributed by atoms with van der Waals surface area (Å²) in [5.74, 6) is -3.78. The molecule has 1 saturated carbocycles. The second-order valence-electron chi connectivity index (χ2n) is 5.42. The molecule has 1 fully saturated rings. The Kier molecular flexibility index (Phi) is 3.72. The maximum Gasteiger partial charge on any atom is 0.194 e. The molecule has 3 rings (SSSR count). The predicted molar refractivity (Wildman–Crippen MR) is 73.4 cm³/mol. The molecular weight excluding hydrogens is 277 g/mol. The van der Waals surface area contributed by atoms with Gasteiger partial charge in [-0.1, -0.05) is 36.8 Å². The summed E-state index contributed by atoms with van der Waals surface area (Å²) in [6.07, 6.45) is 1.90. The number of aliphatic hydroxyl groups excluding tert-OH is 1. The minimum atomic E-state index is -1.55. The van der Waals surface area contributed by atoms with E-state index in [1.54, 1.807) is 12.1 Å². The molecule has 2 aromatic carbocycles. The molecule has 0 saturated heterocycles. The average molecular weight is 292 g/mol. The molecule has 110 valence electrons. The molecule has 0 aromatic heterocycles. The SMILES string of the molecule is OC(c1ccccc1C1CCC1)c1ccc(F)c(F)c1F. The minimum Gasteiger partial charge on any atom is -0.384 e. The molecule has 0 spiro atoms. The highest BCUT2D eigenvalue weighted by Gasteiger charge is 2.27. The minimum absolute atomic E-state index is 0.235. The second-order valence-corrected chi connectivity index (χ2v) is 5.42. The molecule has 1 aliphatic carbocycles. The Morgan fingerprint density at radius 2 is 1.62 bits per heavy atom. The standard InChI is InChI=1S/C17H15F3O/c18-14-9-8-13(15(19)16(14)20)17(21)12-7-2-1-6-11(12)10-4-3-5-10/h1-2,6-10,17,21H,3-5H2. The molecule has 2 aromatic rings. The van der Waals surface area contributed by atoms with E-state index in [0.717, 1.165) is 37.0 Å². The molecule has 0 bridgehead atoms. The summed E-state index contributed by atoms with van der Waals surface area (Å²) in [7, 11) is 0. The number of hydrogen-bond donors (Lipinski definition) is 1. The van der Waals surface area contributed by atoms with Gasteiger partial charge in [-0.2, -0.15) is 0 Å². The Balaban J connectivity index is 2.03. The third-order valence-electron chi connectivity index (χ3n) is 4.20. The molecule has 1 nitrogen and oxygen atoms in total. The normalized spacial score (nSPS) is 16.6. The summed E-state index contributed by atoms with van der Waals surface area (Å²) < 4.78 is 40.2. The smallest absolute Gasteiger partial charge is 0.194 e. The fourth-order valence-corrected chi connectivity index (χ4v) is 2.77. The molecule has 1 aliphatic rings. The Morgan fingerprint density at radius 3 is 2.29 bits per heavy atom. The maximum atomic E-state index is 13.9. The van der Waals surface area contributed by atoms with Crippen molar-refractivity contribution >= 4 is 0 Å². The van der Waals surface area contributed by atoms with Gasteiger partial charge in [0.05, 0.1) is 0 Å². The highest BCUT2D eigenvalue weighted by atomic mass is 19.2. The monoisotopic (exact) mass is 292 g/mol. The third-order valence-corrected chi connectivity index (χ3v) is 4.20. The fraction of sp³-hybridized carbons (Fsp3) is 0.294. The van der Waals surface area contributed by atoms with E-state index in [9.17, 15) is 18.3 Å². The molecule has 0 aliphatic heterocycles. The summed E-state index contributed by atoms with van der Waals surface area (Å²) >= 11 is 0. The van der Waals surface area contributed by atoms with Gasteiger partial charge in [0.2, 0.25) is 0 Å². The molecule has 0 heterocycles. The zero-order valence-electron chi connectivity index (χ0n) is 11.3. The van der Waals surface area contributed by atoms with Crippen molar-refractivity contribution in [1.82, 2.24) is 0 Å². The Hall–Kier alpha value is -1.81. The molecular formula is C17H15F3O. The molecule has 21 heavy (non-hydrogen) atoms. The molecule has 0 amide bonds. The maximum absolute atomic E-state index is 13.9. The second kappa shape index (κ2) is 5.53. The first-order chi connectivity index (χ1) is 10.1. The lowest BCUT2D eigenvalue weighted by Gasteiger charge is -2.29. The third kappa shape index (κ3) is 2.44. The van der Waals surface area contributed by atoms with E-state index in [2.05, 4.69) is 0 Å². The Labute approximate surface area is 121 Å². The van der Waals surface area contributed by atoms with Crippen LogP contribution in [0.25, 0.3) is 0 Å².